The van der Waals surface area contributed by atoms with Crippen molar-refractivity contribution in [2.45, 2.75) is 11.2 Å². The highest BCUT2D eigenvalue weighted by atomic mass is 35.7. The predicted octanol–water partition coefficient (Wildman–Crippen LogP) is 0.838. The fourth-order valence-electron chi connectivity index (χ4n) is 0.951. The largest absolute Gasteiger partial charge is 0.435 e. The van der Waals surface area contributed by atoms with Crippen LogP contribution in [0.2, 0.25) is 0 Å². The molecule has 0 spiro atoms. The van der Waals surface area contributed by atoms with Crippen LogP contribution >= 0.6 is 10.7 Å². The van der Waals surface area contributed by atoms with Gasteiger partial charge < -0.3 is 0 Å². The first-order chi connectivity index (χ1) is 8.42. The quantitative estimate of drug-likeness (QED) is 0.755. The summed E-state index contributed by atoms with van der Waals surface area (Å²) in [7, 11) is -3.36. The molecule has 0 aliphatic heterocycles. The molecule has 19 heavy (non-hydrogen) atoms. The van der Waals surface area contributed by atoms with Crippen molar-refractivity contribution in [2.75, 3.05) is 11.5 Å². The highest BCUT2D eigenvalue weighted by Gasteiger charge is 2.33. The average molecular weight is 339 g/mol. The van der Waals surface area contributed by atoms with Crippen LogP contribution in [0.25, 0.3) is 0 Å². The summed E-state index contributed by atoms with van der Waals surface area (Å²) in [6, 6.07) is 1.04. The third-order valence-corrected chi connectivity index (χ3v) is 4.85. The summed E-state index contributed by atoms with van der Waals surface area (Å²) in [6.45, 7) is 0. The van der Waals surface area contributed by atoms with Gasteiger partial charge in [0.05, 0.1) is 11.5 Å². The van der Waals surface area contributed by atoms with E-state index in [9.17, 15) is 30.0 Å². The van der Waals surface area contributed by atoms with E-state index in [0.717, 1.165) is 0 Å². The number of rotatable bonds is 4. The second-order valence-corrected chi connectivity index (χ2v) is 8.27. The van der Waals surface area contributed by atoms with Crippen LogP contribution in [0.4, 0.5) is 13.2 Å². The zero-order valence-corrected chi connectivity index (χ0v) is 11.3. The second-order valence-electron chi connectivity index (χ2n) is 3.32. The molecule has 0 aliphatic rings. The van der Waals surface area contributed by atoms with Crippen molar-refractivity contribution in [3.63, 3.8) is 0 Å². The van der Waals surface area contributed by atoms with Crippen LogP contribution < -0.4 is 0 Å². The summed E-state index contributed by atoms with van der Waals surface area (Å²) in [6.07, 6.45) is -4.74. The minimum absolute atomic E-state index is 0.440. The standard InChI is InChI=1S/C7H6ClF3N2O4S2/c8-19(16,17)4-3-18(14,15)6-2-1-5(12-13-6)7(9,10)11/h1-2H,3-4H2. The van der Waals surface area contributed by atoms with Crippen molar-refractivity contribution < 1.29 is 30.0 Å². The van der Waals surface area contributed by atoms with E-state index in [4.69, 9.17) is 10.7 Å². The van der Waals surface area contributed by atoms with Gasteiger partial charge in [0.25, 0.3) is 0 Å². The fraction of sp³-hybridized carbons (Fsp3) is 0.429. The third kappa shape index (κ3) is 4.91. The van der Waals surface area contributed by atoms with Crippen LogP contribution in [0.1, 0.15) is 5.69 Å². The Kier molecular flexibility index (Phi) is 4.42. The summed E-state index contributed by atoms with van der Waals surface area (Å²) in [5, 5.41) is 4.90. The Morgan fingerprint density at radius 2 is 1.63 bits per heavy atom. The van der Waals surface area contributed by atoms with Gasteiger partial charge in [0.2, 0.25) is 9.05 Å². The number of hydrogen-bond acceptors (Lipinski definition) is 6. The van der Waals surface area contributed by atoms with Crippen LogP contribution in [-0.4, -0.2) is 38.5 Å². The van der Waals surface area contributed by atoms with Gasteiger partial charge in [-0.2, -0.15) is 13.2 Å². The molecule has 0 atom stereocenters. The summed E-state index contributed by atoms with van der Waals surface area (Å²) in [5.41, 5.74) is -1.35. The van der Waals surface area contributed by atoms with Crippen LogP contribution in [0.5, 0.6) is 0 Å². The van der Waals surface area contributed by atoms with Crippen LogP contribution in [0.3, 0.4) is 0 Å². The van der Waals surface area contributed by atoms with Crippen LogP contribution in [-0.2, 0) is 25.1 Å². The molecule has 0 saturated heterocycles. The zero-order chi connectivity index (χ0) is 14.9. The SMILES string of the molecule is O=S(=O)(Cl)CCS(=O)(=O)c1ccc(C(F)(F)F)nn1. The van der Waals surface area contributed by atoms with Crippen LogP contribution in [0.15, 0.2) is 17.2 Å². The molecule has 1 aromatic rings. The summed E-state index contributed by atoms with van der Waals surface area (Å²) < 4.78 is 80.8. The van der Waals surface area contributed by atoms with Crippen molar-refractivity contribution in [1.82, 2.24) is 10.2 Å². The average Bonchev–Trinajstić information content (AvgIpc) is 2.25. The molecule has 0 saturated carbocycles. The van der Waals surface area contributed by atoms with E-state index in [2.05, 4.69) is 10.2 Å². The molecular weight excluding hydrogens is 333 g/mol. The van der Waals surface area contributed by atoms with Gasteiger partial charge in [0, 0.05) is 10.7 Å². The maximum absolute atomic E-state index is 12.2. The van der Waals surface area contributed by atoms with Crippen molar-refractivity contribution >= 4 is 29.6 Å². The molecule has 0 aliphatic carbocycles. The van der Waals surface area contributed by atoms with Gasteiger partial charge in [-0.15, -0.1) is 10.2 Å². The first kappa shape index (κ1) is 16.1. The zero-order valence-electron chi connectivity index (χ0n) is 8.92. The Morgan fingerprint density at radius 1 is 1.05 bits per heavy atom. The number of halogens is 4. The maximum Gasteiger partial charge on any atom is 0.435 e. The van der Waals surface area contributed by atoms with Crippen molar-refractivity contribution in [3.8, 4) is 0 Å². The lowest BCUT2D eigenvalue weighted by Crippen LogP contribution is -2.17. The van der Waals surface area contributed by atoms with Gasteiger partial charge in [-0.05, 0) is 12.1 Å². The van der Waals surface area contributed by atoms with E-state index in [-0.39, 0.29) is 0 Å². The molecule has 0 N–H and O–H groups in total. The summed E-state index contributed by atoms with van der Waals surface area (Å²) in [4.78, 5) is 0. The minimum Gasteiger partial charge on any atom is -0.222 e. The highest BCUT2D eigenvalue weighted by molar-refractivity contribution is 8.14. The molecule has 108 valence electrons. The monoisotopic (exact) mass is 338 g/mol. The fourth-order valence-corrected chi connectivity index (χ4v) is 3.84. The Morgan fingerprint density at radius 3 is 2.00 bits per heavy atom. The molecule has 0 aromatic carbocycles. The molecule has 6 nitrogen and oxygen atoms in total. The Hall–Kier alpha value is -0.940. The van der Waals surface area contributed by atoms with E-state index in [1.165, 1.54) is 0 Å². The van der Waals surface area contributed by atoms with Gasteiger partial charge in [0.1, 0.15) is 0 Å². The normalized spacial score (nSPS) is 13.5. The smallest absolute Gasteiger partial charge is 0.222 e. The summed E-state index contributed by atoms with van der Waals surface area (Å²) in [5.74, 6) is -1.77. The topological polar surface area (TPSA) is 94.1 Å². The van der Waals surface area contributed by atoms with Gasteiger partial charge in [-0.1, -0.05) is 0 Å². The molecule has 0 fully saturated rings. The van der Waals surface area contributed by atoms with E-state index in [1.807, 2.05) is 0 Å². The molecule has 1 aromatic heterocycles. The molecular formula is C7H6ClF3N2O4S2. The molecule has 0 radical (unpaired) electrons. The van der Waals surface area contributed by atoms with Crippen molar-refractivity contribution in [1.29, 1.82) is 0 Å². The van der Waals surface area contributed by atoms with E-state index in [1.54, 1.807) is 0 Å². The lowest BCUT2D eigenvalue weighted by Gasteiger charge is -2.05. The van der Waals surface area contributed by atoms with Crippen molar-refractivity contribution in [2.24, 2.45) is 0 Å². The molecule has 0 bridgehead atoms. The first-order valence-electron chi connectivity index (χ1n) is 4.48. The third-order valence-electron chi connectivity index (χ3n) is 1.85. The maximum atomic E-state index is 12.2. The number of alkyl halides is 3. The molecule has 12 heteroatoms. The van der Waals surface area contributed by atoms with Crippen molar-refractivity contribution in [3.05, 3.63) is 17.8 Å². The second kappa shape index (κ2) is 5.21. The Balaban J connectivity index is 2.98. The predicted molar refractivity (Wildman–Crippen MR) is 58.7 cm³/mol. The summed E-state index contributed by atoms with van der Waals surface area (Å²) >= 11 is 0. The van der Waals surface area contributed by atoms with Gasteiger partial charge in [-0.25, -0.2) is 16.8 Å². The molecule has 0 amide bonds. The minimum atomic E-state index is -4.74. The lowest BCUT2D eigenvalue weighted by atomic mass is 10.4. The van der Waals surface area contributed by atoms with E-state index in [0.29, 0.717) is 12.1 Å². The molecule has 1 rings (SSSR count). The Bertz CT molecular complexity index is 655. The van der Waals surface area contributed by atoms with E-state index >= 15 is 0 Å². The number of aromatic nitrogens is 2. The molecule has 0 unspecified atom stereocenters. The number of sulfone groups is 1. The van der Waals surface area contributed by atoms with E-state index < -0.39 is 47.3 Å². The van der Waals surface area contributed by atoms with Crippen LogP contribution in [0, 0.1) is 0 Å². The Labute approximate surface area is 110 Å². The number of nitrogens with zero attached hydrogens (tertiary/aromatic N) is 2. The first-order valence-corrected chi connectivity index (χ1v) is 8.61. The number of hydrogen-bond donors (Lipinski definition) is 0. The van der Waals surface area contributed by atoms with Gasteiger partial charge >= 0.3 is 6.18 Å². The highest BCUT2D eigenvalue weighted by Crippen LogP contribution is 2.27. The van der Waals surface area contributed by atoms with Gasteiger partial charge in [-0.3, -0.25) is 0 Å². The van der Waals surface area contributed by atoms with Gasteiger partial charge in [0.15, 0.2) is 20.6 Å². The lowest BCUT2D eigenvalue weighted by molar-refractivity contribution is -0.141. The molecule has 1 heterocycles.